The third kappa shape index (κ3) is 14.2. The predicted octanol–water partition coefficient (Wildman–Crippen LogP) is 8.69. The minimum Gasteiger partial charge on any atom is -0.365 e. The van der Waals surface area contributed by atoms with E-state index >= 15 is 0 Å². The number of nitrogens with zero attached hydrogens (tertiary/aromatic N) is 2. The highest BCUT2D eigenvalue weighted by atomic mass is 16.2. The van der Waals surface area contributed by atoms with Crippen molar-refractivity contribution in [2.24, 2.45) is 5.73 Å². The Balaban J connectivity index is 1.65. The first-order valence-corrected chi connectivity index (χ1v) is 16.3. The summed E-state index contributed by atoms with van der Waals surface area (Å²) in [7, 11) is 1.97. The van der Waals surface area contributed by atoms with E-state index in [4.69, 9.17) is 5.73 Å². The molecule has 5 nitrogen and oxygen atoms in total. The summed E-state index contributed by atoms with van der Waals surface area (Å²) in [6.45, 7) is 6.32. The normalized spacial score (nSPS) is 11.4. The molecular formula is C36H57N3O2. The number of likely N-dealkylation sites (N-methyl/N-ethyl adjacent to an activating group) is 1. The van der Waals surface area contributed by atoms with Gasteiger partial charge in [0.1, 0.15) is 0 Å². The van der Waals surface area contributed by atoms with Gasteiger partial charge in [-0.1, -0.05) is 95.1 Å². The quantitative estimate of drug-likeness (QED) is 0.0834. The lowest BCUT2D eigenvalue weighted by atomic mass is 10.0. The Morgan fingerprint density at radius 1 is 0.732 bits per heavy atom. The summed E-state index contributed by atoms with van der Waals surface area (Å²) in [4.78, 5) is 28.9. The maximum atomic E-state index is 13.2. The molecule has 2 N–H and O–H groups in total. The number of carbonyl (C=O) groups is 2. The molecule has 0 atom stereocenters. The maximum Gasteiger partial charge on any atom is 0.242 e. The lowest BCUT2D eigenvalue weighted by Gasteiger charge is -2.27. The molecular weight excluding hydrogens is 506 g/mol. The second kappa shape index (κ2) is 21.1. The molecule has 5 heteroatoms. The Labute approximate surface area is 250 Å². The molecule has 0 saturated carbocycles. The SMILES string of the molecule is CCCCCCCC/C=C\CCCCCCCCN(CCCN)C(=O)CN(C)c1ccc2cc(C(C)=O)ccc2c1. The minimum atomic E-state index is 0.0676. The van der Waals surface area contributed by atoms with Gasteiger partial charge in [-0.3, -0.25) is 9.59 Å². The number of nitrogens with two attached hydrogens (primary N) is 1. The molecule has 0 saturated heterocycles. The van der Waals surface area contributed by atoms with Crippen molar-refractivity contribution in [3.05, 3.63) is 54.1 Å². The van der Waals surface area contributed by atoms with Gasteiger partial charge >= 0.3 is 0 Å². The summed E-state index contributed by atoms with van der Waals surface area (Å²) in [5.41, 5.74) is 7.48. The van der Waals surface area contributed by atoms with Crippen LogP contribution in [0.15, 0.2) is 48.6 Å². The van der Waals surface area contributed by atoms with Gasteiger partial charge in [-0.25, -0.2) is 0 Å². The third-order valence-corrected chi connectivity index (χ3v) is 7.97. The predicted molar refractivity (Wildman–Crippen MR) is 177 cm³/mol. The van der Waals surface area contributed by atoms with E-state index in [9.17, 15) is 9.59 Å². The smallest absolute Gasteiger partial charge is 0.242 e. The molecule has 1 amide bonds. The number of unbranched alkanes of at least 4 members (excludes halogenated alkanes) is 12. The van der Waals surface area contributed by atoms with E-state index < -0.39 is 0 Å². The van der Waals surface area contributed by atoms with E-state index in [1.54, 1.807) is 6.92 Å². The van der Waals surface area contributed by atoms with Crippen LogP contribution in [0.5, 0.6) is 0 Å². The Bertz CT molecular complexity index is 1050. The van der Waals surface area contributed by atoms with Gasteiger partial charge in [-0.05, 0) is 81.0 Å². The fourth-order valence-corrected chi connectivity index (χ4v) is 5.28. The molecule has 228 valence electrons. The van der Waals surface area contributed by atoms with Gasteiger partial charge in [0, 0.05) is 31.4 Å². The van der Waals surface area contributed by atoms with Crippen molar-refractivity contribution in [1.82, 2.24) is 4.90 Å². The van der Waals surface area contributed by atoms with Gasteiger partial charge in [0.25, 0.3) is 0 Å². The molecule has 0 radical (unpaired) electrons. The van der Waals surface area contributed by atoms with E-state index in [0.29, 0.717) is 13.1 Å². The molecule has 0 aliphatic carbocycles. The number of benzene rings is 2. The van der Waals surface area contributed by atoms with Gasteiger partial charge in [-0.15, -0.1) is 0 Å². The number of carbonyl (C=O) groups excluding carboxylic acids is 2. The first kappa shape index (κ1) is 34.5. The van der Waals surface area contributed by atoms with Crippen LogP contribution in [0, 0.1) is 0 Å². The Morgan fingerprint density at radius 3 is 1.93 bits per heavy atom. The van der Waals surface area contributed by atoms with Gasteiger partial charge in [-0.2, -0.15) is 0 Å². The Kier molecular flexibility index (Phi) is 17.8. The highest BCUT2D eigenvalue weighted by Crippen LogP contribution is 2.23. The van der Waals surface area contributed by atoms with Crippen LogP contribution in [-0.4, -0.2) is 49.8 Å². The van der Waals surface area contributed by atoms with E-state index in [1.807, 2.05) is 47.2 Å². The number of hydrogen-bond donors (Lipinski definition) is 1. The van der Waals surface area contributed by atoms with Crippen LogP contribution >= 0.6 is 0 Å². The van der Waals surface area contributed by atoms with Crippen LogP contribution in [0.3, 0.4) is 0 Å². The highest BCUT2D eigenvalue weighted by Gasteiger charge is 2.16. The average Bonchev–Trinajstić information content (AvgIpc) is 2.97. The van der Waals surface area contributed by atoms with Crippen molar-refractivity contribution >= 4 is 28.2 Å². The summed E-state index contributed by atoms with van der Waals surface area (Å²) in [5, 5.41) is 2.10. The lowest BCUT2D eigenvalue weighted by Crippen LogP contribution is -2.40. The van der Waals surface area contributed by atoms with Crippen molar-refractivity contribution in [3.8, 4) is 0 Å². The molecule has 2 aromatic carbocycles. The maximum absolute atomic E-state index is 13.2. The summed E-state index contributed by atoms with van der Waals surface area (Å²) in [6.07, 6.45) is 23.6. The summed E-state index contributed by atoms with van der Waals surface area (Å²) in [5.74, 6) is 0.221. The van der Waals surface area contributed by atoms with Gasteiger partial charge < -0.3 is 15.5 Å². The molecule has 0 aliphatic heterocycles. The fraction of sp³-hybridized carbons (Fsp3) is 0.611. The van der Waals surface area contributed by atoms with Crippen LogP contribution in [0.2, 0.25) is 0 Å². The zero-order valence-electron chi connectivity index (χ0n) is 26.3. The third-order valence-electron chi connectivity index (χ3n) is 7.97. The minimum absolute atomic E-state index is 0.0676. The fourth-order valence-electron chi connectivity index (χ4n) is 5.28. The zero-order chi connectivity index (χ0) is 29.7. The molecule has 2 rings (SSSR count). The molecule has 0 fully saturated rings. The first-order valence-electron chi connectivity index (χ1n) is 16.3. The van der Waals surface area contributed by atoms with Gasteiger partial charge in [0.15, 0.2) is 5.78 Å². The number of fused-ring (bicyclic) bond motifs is 1. The van der Waals surface area contributed by atoms with Crippen molar-refractivity contribution in [1.29, 1.82) is 0 Å². The van der Waals surface area contributed by atoms with E-state index in [-0.39, 0.29) is 11.7 Å². The first-order chi connectivity index (χ1) is 20.0. The van der Waals surface area contributed by atoms with Crippen LogP contribution in [0.4, 0.5) is 5.69 Å². The van der Waals surface area contributed by atoms with E-state index in [0.717, 1.165) is 48.0 Å². The monoisotopic (exact) mass is 563 g/mol. The molecule has 41 heavy (non-hydrogen) atoms. The zero-order valence-corrected chi connectivity index (χ0v) is 26.3. The van der Waals surface area contributed by atoms with Crippen molar-refractivity contribution in [2.45, 2.75) is 110 Å². The summed E-state index contributed by atoms with van der Waals surface area (Å²) in [6, 6.07) is 11.9. The lowest BCUT2D eigenvalue weighted by molar-refractivity contribution is -0.129. The number of allylic oxidation sites excluding steroid dienone is 2. The van der Waals surface area contributed by atoms with Crippen LogP contribution in [0.25, 0.3) is 10.8 Å². The van der Waals surface area contributed by atoms with Crippen molar-refractivity contribution < 1.29 is 9.59 Å². The standard InChI is InChI=1S/C36H57N3O2/c1-4-5-6-7-8-9-10-11-12-13-14-15-16-17-18-19-26-39(27-20-25-37)36(41)30-38(3)35-24-23-33-28-32(31(2)40)21-22-34(33)29-35/h11-12,21-24,28-29H,4-10,13-20,25-27,30,37H2,1-3H3/b12-11-. The molecule has 0 unspecified atom stereocenters. The number of anilines is 1. The summed E-state index contributed by atoms with van der Waals surface area (Å²) < 4.78 is 0. The second-order valence-corrected chi connectivity index (χ2v) is 11.6. The molecule has 0 bridgehead atoms. The van der Waals surface area contributed by atoms with Crippen LogP contribution in [-0.2, 0) is 4.79 Å². The topological polar surface area (TPSA) is 66.6 Å². The van der Waals surface area contributed by atoms with E-state index in [2.05, 4.69) is 25.1 Å². The van der Waals surface area contributed by atoms with E-state index in [1.165, 1.54) is 83.5 Å². The number of amides is 1. The number of ketones is 1. The molecule has 0 spiro atoms. The molecule has 0 aromatic heterocycles. The average molecular weight is 564 g/mol. The van der Waals surface area contributed by atoms with Gasteiger partial charge in [0.05, 0.1) is 6.54 Å². The Hall–Kier alpha value is -2.66. The largest absolute Gasteiger partial charge is 0.365 e. The Morgan fingerprint density at radius 2 is 1.29 bits per heavy atom. The van der Waals surface area contributed by atoms with Gasteiger partial charge in [0.2, 0.25) is 5.91 Å². The van der Waals surface area contributed by atoms with Crippen molar-refractivity contribution in [2.75, 3.05) is 38.1 Å². The summed E-state index contributed by atoms with van der Waals surface area (Å²) >= 11 is 0. The number of Topliss-reactive ketones (excluding diaryl/α,β-unsaturated/α-hetero) is 1. The molecule has 0 aliphatic rings. The molecule has 0 heterocycles. The molecule has 2 aromatic rings. The highest BCUT2D eigenvalue weighted by molar-refractivity contribution is 5.99. The number of hydrogen-bond acceptors (Lipinski definition) is 4. The van der Waals surface area contributed by atoms with Crippen LogP contribution < -0.4 is 10.6 Å². The van der Waals surface area contributed by atoms with Crippen molar-refractivity contribution in [3.63, 3.8) is 0 Å². The second-order valence-electron chi connectivity index (χ2n) is 11.6. The number of rotatable bonds is 23. The van der Waals surface area contributed by atoms with Crippen LogP contribution in [0.1, 0.15) is 121 Å².